The molecule has 1 unspecified atom stereocenters. The number of hydrogen-bond donors (Lipinski definition) is 4. The normalized spacial score (nSPS) is 16.9. The minimum absolute atomic E-state index is 0.0315. The van der Waals surface area contributed by atoms with E-state index in [0.29, 0.717) is 11.1 Å². The van der Waals surface area contributed by atoms with Crippen LogP contribution in [0.3, 0.4) is 0 Å². The van der Waals surface area contributed by atoms with E-state index in [2.05, 4.69) is 20.5 Å². The summed E-state index contributed by atoms with van der Waals surface area (Å²) in [4.78, 5) is 24.9. The molecule has 0 spiro atoms. The number of amides is 1. The second-order valence-electron chi connectivity index (χ2n) is 7.24. The molecule has 0 fully saturated rings. The van der Waals surface area contributed by atoms with Crippen LogP contribution in [0.25, 0.3) is 6.08 Å². The number of fused-ring (bicyclic) bond motifs is 1. The SMILES string of the molecule is COC(=O)C(CCCN/C(N)=N\O)NC(=O)C1=Cc2cc(C)cc(C)c2O[C@@H]1C(F)(F)F. The minimum Gasteiger partial charge on any atom is -0.475 e. The Bertz CT molecular complexity index is 931. The average Bonchev–Trinajstić information content (AvgIpc) is 2.73. The number of aryl methyl sites for hydroxylation is 2. The van der Waals surface area contributed by atoms with E-state index in [1.165, 1.54) is 0 Å². The van der Waals surface area contributed by atoms with E-state index in [-0.39, 0.29) is 31.1 Å². The summed E-state index contributed by atoms with van der Waals surface area (Å²) in [6.45, 7) is 3.57. The van der Waals surface area contributed by atoms with Gasteiger partial charge in [-0.1, -0.05) is 16.8 Å². The van der Waals surface area contributed by atoms with Gasteiger partial charge in [0.15, 0.2) is 0 Å². The molecule has 0 aromatic heterocycles. The Labute approximate surface area is 182 Å². The lowest BCUT2D eigenvalue weighted by Crippen LogP contribution is -2.48. The molecule has 2 atom stereocenters. The summed E-state index contributed by atoms with van der Waals surface area (Å²) in [6.07, 6.45) is -5.93. The first-order chi connectivity index (χ1) is 15.0. The van der Waals surface area contributed by atoms with Gasteiger partial charge in [0.05, 0.1) is 12.7 Å². The molecule has 32 heavy (non-hydrogen) atoms. The Kier molecular flexibility index (Phi) is 7.95. The number of benzene rings is 1. The number of nitrogens with two attached hydrogens (primary N) is 1. The van der Waals surface area contributed by atoms with Crippen molar-refractivity contribution in [3.8, 4) is 5.75 Å². The lowest BCUT2D eigenvalue weighted by Gasteiger charge is -2.30. The minimum atomic E-state index is -4.86. The van der Waals surface area contributed by atoms with Crippen molar-refractivity contribution in [3.05, 3.63) is 34.4 Å². The number of carbonyl (C=O) groups excluding carboxylic acids is 2. The maximum absolute atomic E-state index is 13.7. The molecule has 1 heterocycles. The van der Waals surface area contributed by atoms with Crippen LogP contribution in [0.4, 0.5) is 13.2 Å². The second kappa shape index (κ2) is 10.2. The molecule has 5 N–H and O–H groups in total. The van der Waals surface area contributed by atoms with Crippen molar-refractivity contribution >= 4 is 23.9 Å². The number of nitrogens with zero attached hydrogens (tertiary/aromatic N) is 1. The summed E-state index contributed by atoms with van der Waals surface area (Å²) < 4.78 is 50.9. The molecule has 0 bridgehead atoms. The molecule has 1 aromatic carbocycles. The van der Waals surface area contributed by atoms with Crippen LogP contribution in [0.5, 0.6) is 5.75 Å². The fourth-order valence-electron chi connectivity index (χ4n) is 3.30. The van der Waals surface area contributed by atoms with Gasteiger partial charge in [-0.15, -0.1) is 0 Å². The summed E-state index contributed by atoms with van der Waals surface area (Å²) >= 11 is 0. The Hall–Kier alpha value is -3.44. The Balaban J connectivity index is 2.27. The van der Waals surface area contributed by atoms with Crippen molar-refractivity contribution in [2.75, 3.05) is 13.7 Å². The van der Waals surface area contributed by atoms with Crippen LogP contribution in [0.15, 0.2) is 22.9 Å². The molecule has 0 radical (unpaired) electrons. The number of carbonyl (C=O) groups is 2. The standard InChI is InChI=1S/C20H25F3N4O5/c1-10-7-11(2)15-12(8-10)9-13(16(32-15)20(21,22)23)17(28)26-14(18(29)31-3)5-4-6-25-19(24)27-30/h7-9,14,16,30H,4-6H2,1-3H3,(H,26,28)(H3,24,25,27)/t14?,16-/m0/s1. The largest absolute Gasteiger partial charge is 0.475 e. The van der Waals surface area contributed by atoms with Gasteiger partial charge in [0, 0.05) is 12.1 Å². The number of halogens is 3. The first-order valence-electron chi connectivity index (χ1n) is 9.64. The highest BCUT2D eigenvalue weighted by atomic mass is 19.4. The number of rotatable bonds is 7. The third-order valence-corrected chi connectivity index (χ3v) is 4.71. The highest BCUT2D eigenvalue weighted by Crippen LogP contribution is 2.39. The number of oxime groups is 1. The predicted molar refractivity (Wildman–Crippen MR) is 109 cm³/mol. The van der Waals surface area contributed by atoms with Crippen molar-refractivity contribution in [1.82, 2.24) is 10.6 Å². The number of nitrogens with one attached hydrogen (secondary N) is 2. The Morgan fingerprint density at radius 2 is 2.03 bits per heavy atom. The molecule has 9 nitrogen and oxygen atoms in total. The zero-order valence-electron chi connectivity index (χ0n) is 17.7. The predicted octanol–water partition coefficient (Wildman–Crippen LogP) is 1.74. The number of ether oxygens (including phenoxy) is 2. The first-order valence-corrected chi connectivity index (χ1v) is 9.64. The quantitative estimate of drug-likeness (QED) is 0.122. The second-order valence-corrected chi connectivity index (χ2v) is 7.24. The Morgan fingerprint density at radius 1 is 1.34 bits per heavy atom. The lowest BCUT2D eigenvalue weighted by atomic mass is 9.96. The summed E-state index contributed by atoms with van der Waals surface area (Å²) in [5.74, 6) is -2.12. The van der Waals surface area contributed by atoms with Gasteiger partial charge in [-0.25, -0.2) is 4.79 Å². The molecule has 0 saturated carbocycles. The molecule has 12 heteroatoms. The summed E-state index contributed by atoms with van der Waals surface area (Å²) in [5.41, 5.74) is 6.24. The molecular formula is C20H25F3N4O5. The van der Waals surface area contributed by atoms with Crippen LogP contribution in [-0.4, -0.2) is 55.0 Å². The van der Waals surface area contributed by atoms with Crippen LogP contribution < -0.4 is 21.1 Å². The van der Waals surface area contributed by atoms with E-state index in [1.807, 2.05) is 0 Å². The van der Waals surface area contributed by atoms with E-state index in [0.717, 1.165) is 18.7 Å². The van der Waals surface area contributed by atoms with Crippen LogP contribution >= 0.6 is 0 Å². The van der Waals surface area contributed by atoms with Crippen LogP contribution in [0, 0.1) is 13.8 Å². The third-order valence-electron chi connectivity index (χ3n) is 4.71. The smallest absolute Gasteiger partial charge is 0.429 e. The molecule has 2 rings (SSSR count). The van der Waals surface area contributed by atoms with E-state index >= 15 is 0 Å². The Morgan fingerprint density at radius 3 is 2.62 bits per heavy atom. The van der Waals surface area contributed by atoms with Gasteiger partial charge in [-0.2, -0.15) is 13.2 Å². The maximum atomic E-state index is 13.7. The van der Waals surface area contributed by atoms with Crippen LogP contribution in [0.2, 0.25) is 0 Å². The zero-order valence-corrected chi connectivity index (χ0v) is 17.7. The summed E-state index contributed by atoms with van der Waals surface area (Å²) in [6, 6.07) is 2.08. The number of guanidine groups is 1. The van der Waals surface area contributed by atoms with Gasteiger partial charge in [0.1, 0.15) is 11.8 Å². The zero-order chi connectivity index (χ0) is 24.1. The van der Waals surface area contributed by atoms with Crippen molar-refractivity contribution in [3.63, 3.8) is 0 Å². The number of esters is 1. The van der Waals surface area contributed by atoms with Gasteiger partial charge in [0.25, 0.3) is 5.91 Å². The van der Waals surface area contributed by atoms with Crippen LogP contribution in [-0.2, 0) is 14.3 Å². The summed E-state index contributed by atoms with van der Waals surface area (Å²) in [5, 5.41) is 16.1. The van der Waals surface area contributed by atoms with E-state index in [1.54, 1.807) is 26.0 Å². The third kappa shape index (κ3) is 6.05. The van der Waals surface area contributed by atoms with Gasteiger partial charge in [0.2, 0.25) is 12.1 Å². The lowest BCUT2D eigenvalue weighted by molar-refractivity contribution is -0.185. The molecule has 1 aliphatic heterocycles. The highest BCUT2D eigenvalue weighted by molar-refractivity contribution is 6.02. The average molecular weight is 458 g/mol. The fraction of sp³-hybridized carbons (Fsp3) is 0.450. The molecule has 1 aromatic rings. The van der Waals surface area contributed by atoms with Gasteiger partial charge >= 0.3 is 12.1 Å². The number of methoxy groups -OCH3 is 1. The summed E-state index contributed by atoms with van der Waals surface area (Å²) in [7, 11) is 1.10. The molecule has 176 valence electrons. The number of hydrogen-bond acceptors (Lipinski definition) is 6. The van der Waals surface area contributed by atoms with Crippen LogP contribution in [0.1, 0.15) is 29.5 Å². The van der Waals surface area contributed by atoms with Crippen molar-refractivity contribution < 1.29 is 37.4 Å². The number of alkyl halides is 3. The van der Waals surface area contributed by atoms with Gasteiger partial charge < -0.3 is 31.0 Å². The fourth-order valence-corrected chi connectivity index (χ4v) is 3.30. The molecule has 1 aliphatic rings. The topological polar surface area (TPSA) is 135 Å². The van der Waals surface area contributed by atoms with Gasteiger partial charge in [-0.05, 0) is 44.4 Å². The highest BCUT2D eigenvalue weighted by Gasteiger charge is 2.48. The molecular weight excluding hydrogens is 433 g/mol. The molecule has 0 aliphatic carbocycles. The first kappa shape index (κ1) is 24.8. The molecule has 1 amide bonds. The van der Waals surface area contributed by atoms with E-state index in [9.17, 15) is 22.8 Å². The maximum Gasteiger partial charge on any atom is 0.429 e. The van der Waals surface area contributed by atoms with Crippen molar-refractivity contribution in [2.24, 2.45) is 10.9 Å². The molecule has 0 saturated heterocycles. The van der Waals surface area contributed by atoms with Gasteiger partial charge in [-0.3, -0.25) is 4.79 Å². The van der Waals surface area contributed by atoms with E-state index < -0.39 is 35.8 Å². The van der Waals surface area contributed by atoms with Crippen molar-refractivity contribution in [1.29, 1.82) is 0 Å². The van der Waals surface area contributed by atoms with Crippen molar-refractivity contribution in [2.45, 2.75) is 45.0 Å². The van der Waals surface area contributed by atoms with E-state index in [4.69, 9.17) is 15.7 Å². The monoisotopic (exact) mass is 458 g/mol.